The third-order valence-corrected chi connectivity index (χ3v) is 6.35. The molecule has 2 saturated heterocycles. The first-order valence-electron chi connectivity index (χ1n) is 11.5. The first-order valence-corrected chi connectivity index (χ1v) is 11.5. The fraction of sp³-hybridized carbons (Fsp3) is 0.542. The summed E-state index contributed by atoms with van der Waals surface area (Å²) in [5, 5.41) is 9.05. The number of ether oxygens (including phenoxy) is 1. The highest BCUT2D eigenvalue weighted by molar-refractivity contribution is 5.81. The summed E-state index contributed by atoms with van der Waals surface area (Å²) in [6.45, 7) is 7.95. The number of anilines is 2. The molecule has 0 bridgehead atoms. The number of aromatic nitrogens is 2. The van der Waals surface area contributed by atoms with Gasteiger partial charge in [0, 0.05) is 38.8 Å². The number of para-hydroxylation sites is 1. The number of hydrogen-bond donors (Lipinski definition) is 0. The van der Waals surface area contributed by atoms with Gasteiger partial charge in [-0.15, -0.1) is 10.2 Å². The van der Waals surface area contributed by atoms with Crippen LogP contribution >= 0.6 is 0 Å². The van der Waals surface area contributed by atoms with Gasteiger partial charge >= 0.3 is 0 Å². The Bertz CT molecular complexity index is 837. The Labute approximate surface area is 185 Å². The predicted octanol–water partition coefficient (Wildman–Crippen LogP) is 3.36. The molecule has 166 valence electrons. The highest BCUT2D eigenvalue weighted by Gasteiger charge is 2.27. The van der Waals surface area contributed by atoms with Gasteiger partial charge in [-0.05, 0) is 56.9 Å². The highest BCUT2D eigenvalue weighted by atomic mass is 16.5. The van der Waals surface area contributed by atoms with Gasteiger partial charge in [0.05, 0.1) is 0 Å². The van der Waals surface area contributed by atoms with Crippen LogP contribution in [0.3, 0.4) is 0 Å². The number of piperazine rings is 1. The van der Waals surface area contributed by atoms with Crippen molar-refractivity contribution in [3.05, 3.63) is 42.5 Å². The minimum absolute atomic E-state index is 0.0284. The second kappa shape index (κ2) is 9.98. The maximum atomic E-state index is 12.8. The number of benzene rings is 1. The van der Waals surface area contributed by atoms with Crippen LogP contribution in [0, 0.1) is 0 Å². The molecule has 1 aromatic carbocycles. The monoisotopic (exact) mass is 423 g/mol. The first kappa shape index (κ1) is 21.4. The average Bonchev–Trinajstić information content (AvgIpc) is 2.84. The van der Waals surface area contributed by atoms with Gasteiger partial charge in [0.25, 0.3) is 5.91 Å². The van der Waals surface area contributed by atoms with Crippen molar-refractivity contribution in [1.82, 2.24) is 15.1 Å². The van der Waals surface area contributed by atoms with Crippen molar-refractivity contribution >= 4 is 17.5 Å². The van der Waals surface area contributed by atoms with E-state index < -0.39 is 6.10 Å². The Morgan fingerprint density at radius 2 is 1.71 bits per heavy atom. The molecule has 7 nitrogen and oxygen atoms in total. The average molecular weight is 424 g/mol. The third-order valence-electron chi connectivity index (χ3n) is 6.35. The van der Waals surface area contributed by atoms with E-state index in [0.29, 0.717) is 19.1 Å². The maximum absolute atomic E-state index is 12.8. The number of piperidine rings is 1. The van der Waals surface area contributed by atoms with Crippen LogP contribution in [0.2, 0.25) is 0 Å². The van der Waals surface area contributed by atoms with Gasteiger partial charge in [-0.3, -0.25) is 4.79 Å². The quantitative estimate of drug-likeness (QED) is 0.710. The molecule has 0 radical (unpaired) electrons. The Morgan fingerprint density at radius 3 is 2.39 bits per heavy atom. The number of hydrogen-bond acceptors (Lipinski definition) is 6. The Hall–Kier alpha value is -2.83. The normalized spacial score (nSPS) is 20.5. The number of rotatable bonds is 6. The summed E-state index contributed by atoms with van der Waals surface area (Å²) in [5.41, 5.74) is 0. The second-order valence-electron chi connectivity index (χ2n) is 8.39. The fourth-order valence-electron chi connectivity index (χ4n) is 4.53. The molecule has 2 aromatic rings. The van der Waals surface area contributed by atoms with E-state index in [0.717, 1.165) is 43.4 Å². The minimum atomic E-state index is -0.496. The van der Waals surface area contributed by atoms with E-state index in [9.17, 15) is 4.79 Å². The van der Waals surface area contributed by atoms with Gasteiger partial charge in [0.2, 0.25) is 0 Å². The molecule has 2 unspecified atom stereocenters. The van der Waals surface area contributed by atoms with Crippen molar-refractivity contribution in [2.75, 3.05) is 42.5 Å². The first-order chi connectivity index (χ1) is 15.2. The molecule has 0 saturated carbocycles. The number of carbonyl (C=O) groups excluding carboxylic acids is 1. The van der Waals surface area contributed by atoms with Crippen molar-refractivity contribution in [1.29, 1.82) is 0 Å². The van der Waals surface area contributed by atoms with Crippen LogP contribution in [0.25, 0.3) is 0 Å². The molecule has 2 atom stereocenters. The molecule has 2 aliphatic heterocycles. The zero-order valence-electron chi connectivity index (χ0n) is 18.6. The summed E-state index contributed by atoms with van der Waals surface area (Å²) in [5.74, 6) is 2.61. The van der Waals surface area contributed by atoms with Gasteiger partial charge in [0.15, 0.2) is 17.7 Å². The number of nitrogens with zero attached hydrogens (tertiary/aromatic N) is 5. The molecule has 0 spiro atoms. The second-order valence-corrected chi connectivity index (χ2v) is 8.39. The van der Waals surface area contributed by atoms with Crippen LogP contribution in [0.4, 0.5) is 11.6 Å². The van der Waals surface area contributed by atoms with E-state index in [1.165, 1.54) is 19.3 Å². The Kier molecular flexibility index (Phi) is 6.89. The highest BCUT2D eigenvalue weighted by Crippen LogP contribution is 2.25. The lowest BCUT2D eigenvalue weighted by atomic mass is 10.0. The van der Waals surface area contributed by atoms with Crippen molar-refractivity contribution in [3.8, 4) is 5.75 Å². The van der Waals surface area contributed by atoms with Crippen molar-refractivity contribution in [2.45, 2.75) is 51.7 Å². The van der Waals surface area contributed by atoms with Crippen molar-refractivity contribution in [2.24, 2.45) is 0 Å². The molecular weight excluding hydrogens is 390 g/mol. The van der Waals surface area contributed by atoms with Crippen LogP contribution in [0.15, 0.2) is 42.5 Å². The van der Waals surface area contributed by atoms with E-state index in [-0.39, 0.29) is 5.91 Å². The lowest BCUT2D eigenvalue weighted by Gasteiger charge is -2.37. The van der Waals surface area contributed by atoms with Gasteiger partial charge < -0.3 is 19.4 Å². The van der Waals surface area contributed by atoms with Crippen LogP contribution in [-0.4, -0.2) is 65.9 Å². The summed E-state index contributed by atoms with van der Waals surface area (Å²) in [6, 6.07) is 14.2. The van der Waals surface area contributed by atoms with Gasteiger partial charge in [-0.2, -0.15) is 0 Å². The fourth-order valence-corrected chi connectivity index (χ4v) is 4.53. The maximum Gasteiger partial charge on any atom is 0.263 e. The van der Waals surface area contributed by atoms with Crippen LogP contribution in [0.5, 0.6) is 5.75 Å². The topological polar surface area (TPSA) is 61.8 Å². The van der Waals surface area contributed by atoms with E-state index in [2.05, 4.69) is 39.1 Å². The summed E-state index contributed by atoms with van der Waals surface area (Å²) < 4.78 is 5.80. The standard InChI is InChI=1S/C24H33N5O2/c1-3-20-9-7-8-14-29(20)23-13-12-22(25-26-23)27-15-17-28(18-16-27)24(30)19(2)31-21-10-5-4-6-11-21/h4-6,10-13,19-20H,3,7-9,14-18H2,1-2H3. The molecule has 0 aliphatic carbocycles. The van der Waals surface area contributed by atoms with Crippen molar-refractivity contribution in [3.63, 3.8) is 0 Å². The van der Waals surface area contributed by atoms with Crippen LogP contribution < -0.4 is 14.5 Å². The smallest absolute Gasteiger partial charge is 0.263 e. The largest absolute Gasteiger partial charge is 0.481 e. The summed E-state index contributed by atoms with van der Waals surface area (Å²) in [7, 11) is 0. The van der Waals surface area contributed by atoms with Crippen LogP contribution in [0.1, 0.15) is 39.5 Å². The summed E-state index contributed by atoms with van der Waals surface area (Å²) in [6.07, 6.45) is 4.42. The zero-order chi connectivity index (χ0) is 21.6. The lowest BCUT2D eigenvalue weighted by Crippen LogP contribution is -2.52. The van der Waals surface area contributed by atoms with E-state index in [4.69, 9.17) is 4.74 Å². The number of amides is 1. The molecule has 3 heterocycles. The molecule has 31 heavy (non-hydrogen) atoms. The Morgan fingerprint density at radius 1 is 1.00 bits per heavy atom. The van der Waals surface area contributed by atoms with E-state index in [1.54, 1.807) is 0 Å². The van der Waals surface area contributed by atoms with Gasteiger partial charge in [0.1, 0.15) is 5.75 Å². The molecule has 7 heteroatoms. The predicted molar refractivity (Wildman–Crippen MR) is 123 cm³/mol. The number of carbonyl (C=O) groups is 1. The molecule has 2 fully saturated rings. The van der Waals surface area contributed by atoms with Gasteiger partial charge in [-0.1, -0.05) is 25.1 Å². The third kappa shape index (κ3) is 5.09. The lowest BCUT2D eigenvalue weighted by molar-refractivity contribution is -0.138. The van der Waals surface area contributed by atoms with Crippen molar-refractivity contribution < 1.29 is 9.53 Å². The van der Waals surface area contributed by atoms with Crippen LogP contribution in [-0.2, 0) is 4.79 Å². The zero-order valence-corrected chi connectivity index (χ0v) is 18.6. The van der Waals surface area contributed by atoms with E-state index in [1.807, 2.05) is 42.2 Å². The summed E-state index contributed by atoms with van der Waals surface area (Å²) in [4.78, 5) is 19.3. The molecule has 4 rings (SSSR count). The minimum Gasteiger partial charge on any atom is -0.481 e. The summed E-state index contributed by atoms with van der Waals surface area (Å²) >= 11 is 0. The molecule has 0 N–H and O–H groups in total. The SMILES string of the molecule is CCC1CCCCN1c1ccc(N2CCN(C(=O)C(C)Oc3ccccc3)CC2)nn1. The molecular formula is C24H33N5O2. The molecule has 1 amide bonds. The Balaban J connectivity index is 1.30. The van der Waals surface area contributed by atoms with Gasteiger partial charge in [-0.25, -0.2) is 0 Å². The van der Waals surface area contributed by atoms with E-state index >= 15 is 0 Å². The molecule has 1 aromatic heterocycles. The molecule has 2 aliphatic rings.